The van der Waals surface area contributed by atoms with Crippen LogP contribution in [0, 0.1) is 0 Å². The summed E-state index contributed by atoms with van der Waals surface area (Å²) in [5.41, 5.74) is 10.3. The minimum absolute atomic E-state index is 0.226. The molecule has 0 amide bonds. The summed E-state index contributed by atoms with van der Waals surface area (Å²) in [6, 6.07) is 60.7. The van der Waals surface area contributed by atoms with Gasteiger partial charge in [0.2, 0.25) is 0 Å². The van der Waals surface area contributed by atoms with E-state index in [1.54, 1.807) is 42.9 Å². The summed E-state index contributed by atoms with van der Waals surface area (Å²) in [5, 5.41) is 17.5. The van der Waals surface area contributed by atoms with Gasteiger partial charge >= 0.3 is 5.97 Å². The number of ether oxygens (including phenoxy) is 5. The molecule has 0 atom stereocenters. The molecule has 2 N–H and O–H groups in total. The number of hydrogen-bond donors (Lipinski definition) is 2. The maximum atomic E-state index is 11.9. The molecule has 13 nitrogen and oxygen atoms in total. The molecule has 1 aromatic heterocycles. The zero-order valence-corrected chi connectivity index (χ0v) is 59.8. The first-order valence-corrected chi connectivity index (χ1v) is 36.3. The van der Waals surface area contributed by atoms with Crippen molar-refractivity contribution in [2.75, 3.05) is 33.0 Å². The van der Waals surface area contributed by atoms with Crippen LogP contribution in [0.1, 0.15) is 208 Å². The average molecular weight is 1340 g/mol. The van der Waals surface area contributed by atoms with Crippen molar-refractivity contribution in [1.29, 1.82) is 0 Å². The predicted molar refractivity (Wildman–Crippen MR) is 414 cm³/mol. The number of benzene rings is 8. The number of aromatic amines is 1. The lowest BCUT2D eigenvalue weighted by atomic mass is 10.1. The number of aryl methyl sites for hydroxylation is 1. The first-order valence-electron chi connectivity index (χ1n) is 36.3. The fraction of sp³-hybridized carbons (Fsp3) is 0.372. The van der Waals surface area contributed by atoms with Crippen molar-refractivity contribution in [1.82, 2.24) is 10.2 Å². The molecule has 0 radical (unpaired) electrons. The number of aliphatic imine (C=N–C) groups is 4. The number of phenolic OH excluding ortho intramolecular Hbond substituents is 1. The highest BCUT2D eigenvalue weighted by atomic mass is 16.5. The molecule has 0 aliphatic heterocycles. The van der Waals surface area contributed by atoms with Crippen LogP contribution < -0.4 is 18.9 Å². The molecule has 99 heavy (non-hydrogen) atoms. The minimum Gasteiger partial charge on any atom is -0.507 e. The molecule has 0 bridgehead atoms. The van der Waals surface area contributed by atoms with Crippen molar-refractivity contribution < 1.29 is 33.6 Å². The van der Waals surface area contributed by atoms with Gasteiger partial charge in [-0.15, -0.1) is 0 Å². The van der Waals surface area contributed by atoms with Crippen LogP contribution >= 0.6 is 0 Å². The lowest BCUT2D eigenvalue weighted by molar-refractivity contribution is 0.0499. The summed E-state index contributed by atoms with van der Waals surface area (Å²) in [4.78, 5) is 29.8. The Morgan fingerprint density at radius 1 is 0.394 bits per heavy atom. The van der Waals surface area contributed by atoms with Gasteiger partial charge in [-0.1, -0.05) is 156 Å². The summed E-state index contributed by atoms with van der Waals surface area (Å²) in [6.07, 6.45) is 34.3. The van der Waals surface area contributed by atoms with Gasteiger partial charge in [0.05, 0.1) is 73.1 Å². The first-order chi connectivity index (χ1) is 48.7. The second kappa shape index (κ2) is 49.0. The summed E-state index contributed by atoms with van der Waals surface area (Å²) in [6.45, 7) is 16.7. The van der Waals surface area contributed by atoms with Crippen LogP contribution in [0.5, 0.6) is 28.7 Å². The molecular formula is C86H108N6O7. The van der Waals surface area contributed by atoms with Gasteiger partial charge in [-0.05, 0) is 231 Å². The molecule has 0 spiro atoms. The van der Waals surface area contributed by atoms with Crippen LogP contribution in [-0.4, -0.2) is 79.2 Å². The number of aromatic nitrogens is 2. The first kappa shape index (κ1) is 78.4. The molecule has 0 saturated carbocycles. The summed E-state index contributed by atoms with van der Waals surface area (Å²) in [7, 11) is 0. The van der Waals surface area contributed by atoms with E-state index >= 15 is 0 Å². The Labute approximate surface area is 591 Å². The fourth-order valence-corrected chi connectivity index (χ4v) is 9.81. The Morgan fingerprint density at radius 2 is 0.778 bits per heavy atom. The van der Waals surface area contributed by atoms with E-state index in [0.29, 0.717) is 17.7 Å². The predicted octanol–water partition coefficient (Wildman–Crippen LogP) is 23.5. The van der Waals surface area contributed by atoms with Gasteiger partial charge in [0.1, 0.15) is 28.7 Å². The van der Waals surface area contributed by atoms with Crippen molar-refractivity contribution in [3.8, 4) is 28.7 Å². The van der Waals surface area contributed by atoms with Crippen LogP contribution in [0.15, 0.2) is 214 Å². The van der Waals surface area contributed by atoms with Crippen molar-refractivity contribution >= 4 is 64.5 Å². The quantitative estimate of drug-likeness (QED) is 0.0219. The number of nitrogens with zero attached hydrogens (tertiary/aromatic N) is 5. The molecule has 1 heterocycles. The van der Waals surface area contributed by atoms with Gasteiger partial charge in [0.25, 0.3) is 0 Å². The Morgan fingerprint density at radius 3 is 1.25 bits per heavy atom. The molecule has 0 fully saturated rings. The van der Waals surface area contributed by atoms with Gasteiger partial charge in [0.15, 0.2) is 0 Å². The molecule has 0 aliphatic rings. The highest BCUT2D eigenvalue weighted by molar-refractivity contribution is 5.90. The Balaban J connectivity index is 0.000000211. The van der Waals surface area contributed by atoms with Gasteiger partial charge in [0, 0.05) is 35.8 Å². The van der Waals surface area contributed by atoms with E-state index in [1.807, 2.05) is 140 Å². The van der Waals surface area contributed by atoms with E-state index in [4.69, 9.17) is 23.7 Å². The summed E-state index contributed by atoms with van der Waals surface area (Å²) in [5.74, 6) is 3.59. The lowest BCUT2D eigenvalue weighted by Gasteiger charge is -2.06. The van der Waals surface area contributed by atoms with Crippen LogP contribution in [0.25, 0.3) is 10.9 Å². The van der Waals surface area contributed by atoms with Crippen LogP contribution in [-0.2, 0) is 11.2 Å². The summed E-state index contributed by atoms with van der Waals surface area (Å²) >= 11 is 0. The number of H-pyrrole nitrogens is 1. The number of rotatable bonds is 39. The number of carbonyl (C=O) groups excluding carboxylic acids is 1. The lowest BCUT2D eigenvalue weighted by Crippen LogP contribution is -2.05. The second-order valence-electron chi connectivity index (χ2n) is 24.4. The number of unbranched alkanes of at least 4 members (excludes halogenated alkanes) is 14. The van der Waals surface area contributed by atoms with E-state index in [0.717, 1.165) is 151 Å². The molecule has 524 valence electrons. The van der Waals surface area contributed by atoms with Crippen LogP contribution in [0.2, 0.25) is 0 Å². The van der Waals surface area contributed by atoms with Crippen molar-refractivity contribution in [2.45, 2.75) is 176 Å². The number of phenols is 1. The smallest absolute Gasteiger partial charge is 0.338 e. The SMILES string of the molecule is CCCCCCCOc1ccc(C=Nc2ccc(CCCCCCC)cc2)cc1.CCCCCCOc1ccc(C=Nc2ccc(C(=O)OCCCC)cc2)cc1.CCCCOc1ccc(C=Nc2ccc(OCCCC)cc2)cc1.Oc1ccccc1C=Nc1ccc2cn[nH]c2c1. The van der Waals surface area contributed by atoms with Gasteiger partial charge in [-0.3, -0.25) is 25.1 Å². The van der Waals surface area contributed by atoms with E-state index in [2.05, 4.69) is 108 Å². The second-order valence-corrected chi connectivity index (χ2v) is 24.4. The third kappa shape index (κ3) is 33.0. The number of carbonyl (C=O) groups is 1. The van der Waals surface area contributed by atoms with Crippen LogP contribution in [0.3, 0.4) is 0 Å². The third-order valence-electron chi connectivity index (χ3n) is 15.9. The standard InChI is InChI=1S/C27H39NO.C24H31NO3.C21H27NO2.C14H11N3O/c1-3-5-7-9-11-13-24-14-18-26(19-15-24)28-23-25-16-20-27(21-17-25)29-22-12-10-8-6-4-2;1-3-5-7-8-18-27-23-15-9-20(10-16-23)19-25-22-13-11-21(12-14-22)24(26)28-17-6-4-2;1-3-5-15-23-20-11-7-18(8-12-20)17-22-19-9-13-21(14-10-19)24-16-6-4-2;18-14-4-2-1-3-11(14)8-15-12-6-5-10-9-16-17-13(10)7-12/h14-21,23H,3-13,22H2,1-2H3;9-16,19H,3-8,17-18H2,1-2H3;7-14,17H,3-6,15-16H2,1-2H3;1-9,18H,(H,16,17). The monoisotopic (exact) mass is 1340 g/mol. The molecule has 8 aromatic carbocycles. The molecule has 9 rings (SSSR count). The minimum atomic E-state index is -0.283. The Bertz CT molecular complexity index is 3640. The number of hydrogen-bond acceptors (Lipinski definition) is 12. The van der Waals surface area contributed by atoms with E-state index in [1.165, 1.54) is 89.0 Å². The zero-order valence-electron chi connectivity index (χ0n) is 59.8. The van der Waals surface area contributed by atoms with Crippen molar-refractivity contribution in [2.24, 2.45) is 20.0 Å². The normalized spacial score (nSPS) is 11.1. The molecule has 13 heteroatoms. The average Bonchev–Trinajstić information content (AvgIpc) is 1.86. The largest absolute Gasteiger partial charge is 0.507 e. The number of nitrogens with one attached hydrogen (secondary N) is 1. The Kier molecular flexibility index (Phi) is 38.8. The van der Waals surface area contributed by atoms with Gasteiger partial charge in [-0.25, -0.2) is 4.79 Å². The fourth-order valence-electron chi connectivity index (χ4n) is 9.81. The maximum Gasteiger partial charge on any atom is 0.338 e. The number of fused-ring (bicyclic) bond motifs is 1. The number of para-hydroxylation sites is 1. The molecule has 0 unspecified atom stereocenters. The van der Waals surface area contributed by atoms with Crippen molar-refractivity contribution in [3.05, 3.63) is 228 Å². The zero-order chi connectivity index (χ0) is 70.0. The summed E-state index contributed by atoms with van der Waals surface area (Å²) < 4.78 is 28.1. The number of esters is 1. The van der Waals surface area contributed by atoms with E-state index < -0.39 is 0 Å². The number of aromatic hydroxyl groups is 1. The van der Waals surface area contributed by atoms with Crippen LogP contribution in [0.4, 0.5) is 22.7 Å². The molecular weight excluding hydrogens is 1230 g/mol. The molecule has 9 aromatic rings. The van der Waals surface area contributed by atoms with Gasteiger partial charge in [-0.2, -0.15) is 5.10 Å². The third-order valence-corrected chi connectivity index (χ3v) is 15.9. The highest BCUT2D eigenvalue weighted by Gasteiger charge is 2.07. The van der Waals surface area contributed by atoms with E-state index in [9.17, 15) is 9.90 Å². The van der Waals surface area contributed by atoms with Crippen molar-refractivity contribution in [3.63, 3.8) is 0 Å². The Hall–Kier alpha value is -9.62. The maximum absolute atomic E-state index is 11.9. The molecule has 0 aliphatic carbocycles. The molecule has 0 saturated heterocycles. The highest BCUT2D eigenvalue weighted by Crippen LogP contribution is 2.24. The van der Waals surface area contributed by atoms with Gasteiger partial charge < -0.3 is 28.8 Å². The topological polar surface area (TPSA) is 162 Å². The van der Waals surface area contributed by atoms with E-state index in [-0.39, 0.29) is 11.7 Å².